The van der Waals surface area contributed by atoms with E-state index in [9.17, 15) is 14.4 Å². The van der Waals surface area contributed by atoms with Gasteiger partial charge in [0.05, 0.1) is 25.8 Å². The van der Waals surface area contributed by atoms with Crippen LogP contribution in [0.25, 0.3) is 0 Å². The molecule has 39 heavy (non-hydrogen) atoms. The average Bonchev–Trinajstić information content (AvgIpc) is 3.34. The number of carbonyl (C=O) groups is 3. The molecule has 1 atom stereocenters. The highest BCUT2D eigenvalue weighted by Crippen LogP contribution is 2.35. The molecule has 3 N–H and O–H groups in total. The van der Waals surface area contributed by atoms with Crippen LogP contribution in [0.15, 0.2) is 60.7 Å². The predicted octanol–water partition coefficient (Wildman–Crippen LogP) is 3.83. The van der Waals surface area contributed by atoms with E-state index in [-0.39, 0.29) is 43.0 Å². The Kier molecular flexibility index (Phi) is 8.55. The minimum absolute atomic E-state index is 0.105. The summed E-state index contributed by atoms with van der Waals surface area (Å²) in [5, 5.41) is 2.75. The Morgan fingerprint density at radius 1 is 0.974 bits per heavy atom. The van der Waals surface area contributed by atoms with Crippen LogP contribution in [-0.2, 0) is 14.4 Å². The van der Waals surface area contributed by atoms with Crippen LogP contribution in [0.1, 0.15) is 17.5 Å². The molecule has 0 spiro atoms. The summed E-state index contributed by atoms with van der Waals surface area (Å²) < 4.78 is 16.3. The van der Waals surface area contributed by atoms with Gasteiger partial charge in [-0.15, -0.1) is 0 Å². The van der Waals surface area contributed by atoms with Crippen LogP contribution in [0.2, 0.25) is 0 Å². The highest BCUT2D eigenvalue weighted by Gasteiger charge is 2.35. The van der Waals surface area contributed by atoms with E-state index in [1.165, 1.54) is 7.11 Å². The van der Waals surface area contributed by atoms with Gasteiger partial charge in [-0.25, -0.2) is 0 Å². The molecule has 10 heteroatoms. The summed E-state index contributed by atoms with van der Waals surface area (Å²) in [6, 6.07) is 17.8. The van der Waals surface area contributed by atoms with Gasteiger partial charge in [-0.1, -0.05) is 12.1 Å². The predicted molar refractivity (Wildman–Crippen MR) is 148 cm³/mol. The number of benzene rings is 3. The van der Waals surface area contributed by atoms with Crippen molar-refractivity contribution in [2.45, 2.75) is 20.3 Å². The van der Waals surface area contributed by atoms with Gasteiger partial charge in [-0.2, -0.15) is 0 Å². The van der Waals surface area contributed by atoms with Gasteiger partial charge in [0.25, 0.3) is 5.91 Å². The summed E-state index contributed by atoms with van der Waals surface area (Å²) in [4.78, 5) is 39.7. The monoisotopic (exact) mass is 532 g/mol. The van der Waals surface area contributed by atoms with Crippen LogP contribution >= 0.6 is 0 Å². The third kappa shape index (κ3) is 6.59. The molecular formula is C29H32N4O6. The SMILES string of the molecule is COc1ccc(NC(=O)COc2c(NNC(=O)[C@H]3CC(=O)N(c4ccc(C)c(C)c4)C3)cccc2OC)cc1. The summed E-state index contributed by atoms with van der Waals surface area (Å²) in [6.07, 6.45) is 0.105. The average molecular weight is 533 g/mol. The molecule has 3 aromatic rings. The number of ether oxygens (including phenoxy) is 3. The van der Waals surface area contributed by atoms with Crippen molar-refractivity contribution in [2.24, 2.45) is 5.92 Å². The third-order valence-electron chi connectivity index (χ3n) is 6.54. The first kappa shape index (κ1) is 27.3. The van der Waals surface area contributed by atoms with E-state index >= 15 is 0 Å². The molecule has 1 aliphatic rings. The van der Waals surface area contributed by atoms with Gasteiger partial charge in [0.2, 0.25) is 11.8 Å². The van der Waals surface area contributed by atoms with Gasteiger partial charge < -0.3 is 24.4 Å². The Balaban J connectivity index is 1.36. The fourth-order valence-corrected chi connectivity index (χ4v) is 4.19. The number of amides is 3. The molecule has 4 rings (SSSR count). The maximum atomic E-state index is 12.9. The van der Waals surface area contributed by atoms with Crippen molar-refractivity contribution in [3.05, 3.63) is 71.8 Å². The second kappa shape index (κ2) is 12.2. The van der Waals surface area contributed by atoms with Gasteiger partial charge in [-0.3, -0.25) is 25.2 Å². The summed E-state index contributed by atoms with van der Waals surface area (Å²) >= 11 is 0. The molecule has 204 valence electrons. The fraction of sp³-hybridized carbons (Fsp3) is 0.276. The molecule has 3 aromatic carbocycles. The number of hydrazine groups is 1. The summed E-state index contributed by atoms with van der Waals surface area (Å²) in [6.45, 7) is 3.99. The van der Waals surface area contributed by atoms with E-state index in [1.54, 1.807) is 54.5 Å². The maximum Gasteiger partial charge on any atom is 0.262 e. The molecule has 0 aliphatic carbocycles. The lowest BCUT2D eigenvalue weighted by molar-refractivity contribution is -0.125. The molecule has 10 nitrogen and oxygen atoms in total. The van der Waals surface area contributed by atoms with Crippen LogP contribution in [-0.4, -0.2) is 45.1 Å². The van der Waals surface area contributed by atoms with Crippen LogP contribution in [0, 0.1) is 19.8 Å². The van der Waals surface area contributed by atoms with E-state index in [0.29, 0.717) is 22.9 Å². The normalized spacial score (nSPS) is 14.5. The number of anilines is 3. The Morgan fingerprint density at radius 2 is 1.74 bits per heavy atom. The van der Waals surface area contributed by atoms with Gasteiger partial charge in [0, 0.05) is 24.3 Å². The molecule has 1 fully saturated rings. The van der Waals surface area contributed by atoms with Crippen LogP contribution < -0.4 is 35.3 Å². The number of methoxy groups -OCH3 is 2. The maximum absolute atomic E-state index is 12.9. The molecule has 1 saturated heterocycles. The first-order valence-electron chi connectivity index (χ1n) is 12.5. The van der Waals surface area contributed by atoms with Gasteiger partial charge in [0.15, 0.2) is 18.1 Å². The van der Waals surface area contributed by atoms with E-state index in [0.717, 1.165) is 16.8 Å². The lowest BCUT2D eigenvalue weighted by atomic mass is 10.1. The fourth-order valence-electron chi connectivity index (χ4n) is 4.19. The number of nitrogens with one attached hydrogen (secondary N) is 3. The highest BCUT2D eigenvalue weighted by molar-refractivity contribution is 6.00. The van der Waals surface area contributed by atoms with Gasteiger partial charge in [-0.05, 0) is 73.5 Å². The topological polar surface area (TPSA) is 118 Å². The van der Waals surface area contributed by atoms with Crippen molar-refractivity contribution in [1.82, 2.24) is 5.43 Å². The minimum atomic E-state index is -0.531. The number of rotatable bonds is 10. The lowest BCUT2D eigenvalue weighted by Gasteiger charge is -2.19. The second-order valence-electron chi connectivity index (χ2n) is 9.19. The highest BCUT2D eigenvalue weighted by atomic mass is 16.5. The Labute approximate surface area is 227 Å². The molecule has 3 amide bonds. The Morgan fingerprint density at radius 3 is 2.44 bits per heavy atom. The molecule has 0 aromatic heterocycles. The van der Waals surface area contributed by atoms with Crippen molar-refractivity contribution in [3.63, 3.8) is 0 Å². The number of para-hydroxylation sites is 1. The molecule has 1 heterocycles. The quantitative estimate of drug-likeness (QED) is 0.340. The molecule has 0 unspecified atom stereocenters. The molecular weight excluding hydrogens is 500 g/mol. The number of aryl methyl sites for hydroxylation is 2. The van der Waals surface area contributed by atoms with Crippen molar-refractivity contribution < 1.29 is 28.6 Å². The first-order valence-corrected chi connectivity index (χ1v) is 12.5. The van der Waals surface area contributed by atoms with E-state index in [2.05, 4.69) is 16.2 Å². The molecule has 1 aliphatic heterocycles. The Bertz CT molecular complexity index is 1360. The number of carbonyl (C=O) groups excluding carboxylic acids is 3. The Hall–Kier alpha value is -4.73. The number of nitrogens with zero attached hydrogens (tertiary/aromatic N) is 1. The zero-order chi connectivity index (χ0) is 27.9. The van der Waals surface area contributed by atoms with E-state index in [4.69, 9.17) is 14.2 Å². The summed E-state index contributed by atoms with van der Waals surface area (Å²) in [5.41, 5.74) is 9.52. The van der Waals surface area contributed by atoms with Gasteiger partial charge in [0.1, 0.15) is 5.75 Å². The summed E-state index contributed by atoms with van der Waals surface area (Å²) in [5.74, 6) is -0.0370. The molecule has 0 bridgehead atoms. The van der Waals surface area contributed by atoms with Crippen molar-refractivity contribution >= 4 is 34.8 Å². The van der Waals surface area contributed by atoms with Crippen molar-refractivity contribution in [2.75, 3.05) is 43.0 Å². The third-order valence-corrected chi connectivity index (χ3v) is 6.54. The number of hydrogen-bond donors (Lipinski definition) is 3. The zero-order valence-electron chi connectivity index (χ0n) is 22.4. The number of hydrogen-bond acceptors (Lipinski definition) is 7. The molecule has 0 radical (unpaired) electrons. The smallest absolute Gasteiger partial charge is 0.262 e. The lowest BCUT2D eigenvalue weighted by Crippen LogP contribution is -2.36. The second-order valence-corrected chi connectivity index (χ2v) is 9.19. The van der Waals surface area contributed by atoms with Crippen LogP contribution in [0.5, 0.6) is 17.2 Å². The van der Waals surface area contributed by atoms with Crippen LogP contribution in [0.3, 0.4) is 0 Å². The zero-order valence-corrected chi connectivity index (χ0v) is 22.4. The standard InChI is InChI=1S/C29H32N4O6/c1-18-8-11-22(14-19(18)2)33-16-20(15-27(33)35)29(36)32-31-24-6-5-7-25(38-4)28(24)39-17-26(34)30-21-9-12-23(37-3)13-10-21/h5-14,20,31H,15-17H2,1-4H3,(H,30,34)(H,32,36)/t20-/m0/s1. The summed E-state index contributed by atoms with van der Waals surface area (Å²) in [7, 11) is 3.05. The van der Waals surface area contributed by atoms with Crippen LogP contribution in [0.4, 0.5) is 17.1 Å². The first-order chi connectivity index (χ1) is 18.8. The molecule has 0 saturated carbocycles. The van der Waals surface area contributed by atoms with Gasteiger partial charge >= 0.3 is 0 Å². The minimum Gasteiger partial charge on any atom is -0.497 e. The van der Waals surface area contributed by atoms with E-state index in [1.807, 2.05) is 32.0 Å². The van der Waals surface area contributed by atoms with Crippen molar-refractivity contribution in [3.8, 4) is 17.2 Å². The van der Waals surface area contributed by atoms with Crippen molar-refractivity contribution in [1.29, 1.82) is 0 Å². The van der Waals surface area contributed by atoms with E-state index < -0.39 is 5.92 Å². The largest absolute Gasteiger partial charge is 0.497 e.